The Morgan fingerprint density at radius 2 is 1.00 bits per heavy atom. The summed E-state index contributed by atoms with van der Waals surface area (Å²) in [5.74, 6) is -13.2. The zero-order valence-electron chi connectivity index (χ0n) is 21.2. The largest absolute Gasteiger partial charge is 0.300 e. The minimum atomic E-state index is -5.52. The normalized spacial score (nSPS) is 13.8. The van der Waals surface area contributed by atoms with Crippen LogP contribution in [0, 0.1) is 29.1 Å². The van der Waals surface area contributed by atoms with E-state index < -0.39 is 44.1 Å². The molecule has 0 aromatic heterocycles. The first kappa shape index (κ1) is 29.2. The molecule has 0 saturated heterocycles. The number of nitrogens with one attached hydrogen (secondary N) is 1. The van der Waals surface area contributed by atoms with Crippen LogP contribution in [-0.4, -0.2) is 24.8 Å². The van der Waals surface area contributed by atoms with Crippen molar-refractivity contribution in [2.24, 2.45) is 0 Å². The van der Waals surface area contributed by atoms with Gasteiger partial charge in [-0.25, -0.2) is 22.0 Å². The average Bonchev–Trinajstić information content (AvgIpc) is 2.77. The number of rotatable bonds is 1. The summed E-state index contributed by atoms with van der Waals surface area (Å²) in [6, 6.07) is 8.07. The minimum absolute atomic E-state index is 0.0652. The lowest BCUT2D eigenvalue weighted by Gasteiger charge is -2.26. The summed E-state index contributed by atoms with van der Waals surface area (Å²) in [4.78, 5) is 22.4. The summed E-state index contributed by atoms with van der Waals surface area (Å²) < 4.78 is 91.3. The molecule has 3 aromatic rings. The number of hydrogen-bond acceptors (Lipinski definition) is 4. The quantitative estimate of drug-likeness (QED) is 0.127. The first-order valence-corrected chi connectivity index (χ1v) is 12.6. The van der Waals surface area contributed by atoms with E-state index in [-0.39, 0.29) is 22.6 Å². The van der Waals surface area contributed by atoms with Crippen molar-refractivity contribution in [3.8, 4) is 0 Å². The molecule has 0 atom stereocenters. The van der Waals surface area contributed by atoms with Crippen molar-refractivity contribution >= 4 is 32.7 Å². The van der Waals surface area contributed by atoms with Crippen LogP contribution in [0.2, 0.25) is 0 Å². The second kappa shape index (κ2) is 9.42. The fourth-order valence-corrected chi connectivity index (χ4v) is 4.42. The Kier molecular flexibility index (Phi) is 7.23. The number of carbonyl (C=O) groups excluding carboxylic acids is 2. The van der Waals surface area contributed by atoms with Gasteiger partial charge in [0.1, 0.15) is 0 Å². The molecule has 0 radical (unpaired) electrons. The Bertz CT molecular complexity index is 1520. The third-order valence-electron chi connectivity index (χ3n) is 5.92. The number of halogens is 5. The van der Waals surface area contributed by atoms with E-state index in [0.29, 0.717) is 11.1 Å². The number of imide groups is 1. The third-order valence-corrected chi connectivity index (χ3v) is 6.80. The maximum atomic E-state index is 12.6. The van der Waals surface area contributed by atoms with Crippen LogP contribution in [0.25, 0.3) is 10.8 Å². The zero-order chi connectivity index (χ0) is 29.1. The van der Waals surface area contributed by atoms with Gasteiger partial charge in [-0.2, -0.15) is 8.42 Å². The summed E-state index contributed by atoms with van der Waals surface area (Å²) in [5, 5.41) is 4.22. The standard InChI is InChI=1S/C20H23NO2.C6HF5O3S/c1-19(2,3)12-7-11-8-13(20(4,5)6)10-15-16(11)14(9-12)17(22)21-18(15)23;7-1-2(8)4(10)6(15(12,13)14)5(11)3(1)9/h7-10H,1-6H3,(H,21,22,23);(H,12,13,14). The van der Waals surface area contributed by atoms with Crippen molar-refractivity contribution in [3.63, 3.8) is 0 Å². The molecule has 12 heteroatoms. The molecule has 0 saturated carbocycles. The molecular weight excluding hydrogens is 533 g/mol. The summed E-state index contributed by atoms with van der Waals surface area (Å²) in [5.41, 5.74) is 3.27. The molecule has 38 heavy (non-hydrogen) atoms. The van der Waals surface area contributed by atoms with Gasteiger partial charge in [0.2, 0.25) is 5.82 Å². The first-order chi connectivity index (χ1) is 17.2. The van der Waals surface area contributed by atoms with Gasteiger partial charge in [-0.1, -0.05) is 53.7 Å². The van der Waals surface area contributed by atoms with Gasteiger partial charge in [0.25, 0.3) is 11.8 Å². The van der Waals surface area contributed by atoms with Crippen molar-refractivity contribution in [3.05, 3.63) is 75.6 Å². The Morgan fingerprint density at radius 3 is 1.32 bits per heavy atom. The van der Waals surface area contributed by atoms with Crippen molar-refractivity contribution in [2.75, 3.05) is 0 Å². The highest BCUT2D eigenvalue weighted by atomic mass is 32.2. The fraction of sp³-hybridized carbons (Fsp3) is 0.308. The molecule has 4 rings (SSSR count). The number of amides is 2. The van der Waals surface area contributed by atoms with Gasteiger partial charge >= 0.3 is 10.1 Å². The Hall–Kier alpha value is -3.38. The molecule has 0 fully saturated rings. The van der Waals surface area contributed by atoms with Gasteiger partial charge in [-0.05, 0) is 39.5 Å². The molecule has 0 spiro atoms. The van der Waals surface area contributed by atoms with Gasteiger partial charge in [-0.15, -0.1) is 0 Å². The van der Waals surface area contributed by atoms with Crippen LogP contribution in [0.3, 0.4) is 0 Å². The molecule has 3 aromatic carbocycles. The maximum Gasteiger partial charge on any atom is 0.300 e. The molecule has 1 aliphatic heterocycles. The van der Waals surface area contributed by atoms with E-state index in [1.807, 2.05) is 12.1 Å². The minimum Gasteiger partial charge on any atom is -0.288 e. The van der Waals surface area contributed by atoms with Gasteiger partial charge < -0.3 is 0 Å². The van der Waals surface area contributed by atoms with Crippen LogP contribution >= 0.6 is 0 Å². The Labute approximate surface area is 215 Å². The molecule has 0 aliphatic carbocycles. The number of benzene rings is 3. The summed E-state index contributed by atoms with van der Waals surface area (Å²) >= 11 is 0. The highest BCUT2D eigenvalue weighted by molar-refractivity contribution is 7.85. The third kappa shape index (κ3) is 5.28. The fourth-order valence-electron chi connectivity index (χ4n) is 3.79. The maximum absolute atomic E-state index is 12.6. The summed E-state index contributed by atoms with van der Waals surface area (Å²) in [6.45, 7) is 12.8. The van der Waals surface area contributed by atoms with Crippen LogP contribution in [-0.2, 0) is 20.9 Å². The molecule has 0 unspecified atom stereocenters. The molecular formula is C26H24F5NO5S. The zero-order valence-corrected chi connectivity index (χ0v) is 22.0. The smallest absolute Gasteiger partial charge is 0.288 e. The lowest BCUT2D eigenvalue weighted by molar-refractivity contribution is 0.0844. The second-order valence-corrected chi connectivity index (χ2v) is 12.2. The van der Waals surface area contributed by atoms with E-state index in [1.165, 1.54) is 0 Å². The van der Waals surface area contributed by atoms with Crippen LogP contribution in [0.5, 0.6) is 0 Å². The van der Waals surface area contributed by atoms with Crippen molar-refractivity contribution < 1.29 is 44.5 Å². The van der Waals surface area contributed by atoms with Crippen molar-refractivity contribution in [2.45, 2.75) is 57.3 Å². The average molecular weight is 558 g/mol. The molecule has 2 N–H and O–H groups in total. The van der Waals surface area contributed by atoms with Gasteiger partial charge in [0.15, 0.2) is 28.2 Å². The lowest BCUT2D eigenvalue weighted by atomic mass is 9.79. The van der Waals surface area contributed by atoms with Crippen molar-refractivity contribution in [1.29, 1.82) is 0 Å². The Balaban J connectivity index is 0.000000232. The predicted molar refractivity (Wildman–Crippen MR) is 129 cm³/mol. The molecule has 0 bridgehead atoms. The monoisotopic (exact) mass is 557 g/mol. The van der Waals surface area contributed by atoms with Crippen LogP contribution in [0.15, 0.2) is 29.2 Å². The van der Waals surface area contributed by atoms with Gasteiger partial charge in [0.05, 0.1) is 0 Å². The summed E-state index contributed by atoms with van der Waals surface area (Å²) in [6.07, 6.45) is 0. The topological polar surface area (TPSA) is 101 Å². The second-order valence-electron chi connectivity index (χ2n) is 10.8. The van der Waals surface area contributed by atoms with Crippen LogP contribution in [0.1, 0.15) is 73.4 Å². The van der Waals surface area contributed by atoms with Crippen molar-refractivity contribution in [1.82, 2.24) is 5.32 Å². The lowest BCUT2D eigenvalue weighted by Crippen LogP contribution is -2.35. The van der Waals surface area contributed by atoms with Gasteiger partial charge in [-0.3, -0.25) is 19.5 Å². The first-order valence-electron chi connectivity index (χ1n) is 11.1. The molecule has 6 nitrogen and oxygen atoms in total. The highest BCUT2D eigenvalue weighted by Gasteiger charge is 2.32. The number of hydrogen-bond donors (Lipinski definition) is 2. The molecule has 2 amide bonds. The van der Waals surface area contributed by atoms with E-state index in [2.05, 4.69) is 59.0 Å². The predicted octanol–water partition coefficient (Wildman–Crippen LogP) is 5.95. The number of carbonyl (C=O) groups is 2. The molecule has 1 heterocycles. The van der Waals surface area contributed by atoms with Crippen LogP contribution in [0.4, 0.5) is 22.0 Å². The molecule has 204 valence electrons. The van der Waals surface area contributed by atoms with E-state index in [0.717, 1.165) is 21.9 Å². The van der Waals surface area contributed by atoms with Gasteiger partial charge in [0, 0.05) is 16.5 Å². The van der Waals surface area contributed by atoms with Crippen LogP contribution < -0.4 is 5.32 Å². The van der Waals surface area contributed by atoms with E-state index in [1.54, 1.807) is 0 Å². The Morgan fingerprint density at radius 1 is 0.658 bits per heavy atom. The SMILES string of the molecule is CC(C)(C)c1cc2c3c(cc(C(C)(C)C)cc3c1)C(=O)NC2=O.O=S(=O)(O)c1c(F)c(F)c(F)c(F)c1F. The van der Waals surface area contributed by atoms with E-state index in [9.17, 15) is 40.0 Å². The molecule has 1 aliphatic rings. The summed E-state index contributed by atoms with van der Waals surface area (Å²) in [7, 11) is -5.52. The highest BCUT2D eigenvalue weighted by Crippen LogP contribution is 2.36. The van der Waals surface area contributed by atoms with E-state index in [4.69, 9.17) is 4.55 Å². The van der Waals surface area contributed by atoms with E-state index >= 15 is 0 Å².